The molecule has 0 aliphatic carbocycles. The van der Waals surface area contributed by atoms with Crippen LogP contribution in [-0.2, 0) is 6.54 Å². The summed E-state index contributed by atoms with van der Waals surface area (Å²) in [5, 5.41) is 0. The van der Waals surface area contributed by atoms with Gasteiger partial charge in [-0.1, -0.05) is 48.5 Å². The predicted octanol–water partition coefficient (Wildman–Crippen LogP) is 3.51. The standard InChI is InChI=1S/C20H15N3O/c24-20-19-18(10-5-11-21-19)22-14-23(20)13-15-6-4-9-17(12-15)16-7-2-1-3-8-16/h1-12,14H,13H2. The Labute approximate surface area is 139 Å². The number of fused-ring (bicyclic) bond motifs is 1. The summed E-state index contributed by atoms with van der Waals surface area (Å²) in [5.41, 5.74) is 4.25. The van der Waals surface area contributed by atoms with Gasteiger partial charge in [0, 0.05) is 6.20 Å². The summed E-state index contributed by atoms with van der Waals surface area (Å²) in [7, 11) is 0. The Morgan fingerprint density at radius 1 is 0.833 bits per heavy atom. The summed E-state index contributed by atoms with van der Waals surface area (Å²) < 4.78 is 1.60. The highest BCUT2D eigenvalue weighted by atomic mass is 16.1. The lowest BCUT2D eigenvalue weighted by Crippen LogP contribution is -2.21. The van der Waals surface area contributed by atoms with Crippen LogP contribution in [0.3, 0.4) is 0 Å². The second-order valence-corrected chi connectivity index (χ2v) is 5.62. The number of aromatic nitrogens is 3. The van der Waals surface area contributed by atoms with Crippen molar-refractivity contribution >= 4 is 11.0 Å². The number of hydrogen-bond donors (Lipinski definition) is 0. The van der Waals surface area contributed by atoms with Crippen molar-refractivity contribution in [2.75, 3.05) is 0 Å². The van der Waals surface area contributed by atoms with Crippen LogP contribution in [0.15, 0.2) is 84.0 Å². The average Bonchev–Trinajstić information content (AvgIpc) is 2.65. The fourth-order valence-electron chi connectivity index (χ4n) is 2.78. The first-order valence-corrected chi connectivity index (χ1v) is 7.76. The van der Waals surface area contributed by atoms with Gasteiger partial charge in [-0.15, -0.1) is 0 Å². The van der Waals surface area contributed by atoms with E-state index in [9.17, 15) is 4.79 Å². The molecule has 0 amide bonds. The Morgan fingerprint density at radius 2 is 1.67 bits per heavy atom. The van der Waals surface area contributed by atoms with Gasteiger partial charge in [-0.05, 0) is 34.9 Å². The largest absolute Gasteiger partial charge is 0.293 e. The van der Waals surface area contributed by atoms with Crippen molar-refractivity contribution < 1.29 is 0 Å². The molecule has 0 bridgehead atoms. The van der Waals surface area contributed by atoms with E-state index in [0.29, 0.717) is 17.6 Å². The Kier molecular flexibility index (Phi) is 3.63. The number of nitrogens with zero attached hydrogens (tertiary/aromatic N) is 3. The zero-order chi connectivity index (χ0) is 16.4. The number of hydrogen-bond acceptors (Lipinski definition) is 3. The quantitative estimate of drug-likeness (QED) is 0.581. The van der Waals surface area contributed by atoms with E-state index >= 15 is 0 Å². The summed E-state index contributed by atoms with van der Waals surface area (Å²) in [6.07, 6.45) is 3.20. The van der Waals surface area contributed by atoms with Crippen molar-refractivity contribution in [3.05, 3.63) is 95.2 Å². The van der Waals surface area contributed by atoms with Gasteiger partial charge in [-0.3, -0.25) is 9.36 Å². The highest BCUT2D eigenvalue weighted by Crippen LogP contribution is 2.20. The van der Waals surface area contributed by atoms with E-state index < -0.39 is 0 Å². The smallest absolute Gasteiger partial charge is 0.280 e. The van der Waals surface area contributed by atoms with Crippen LogP contribution in [0.5, 0.6) is 0 Å². The molecule has 2 aromatic carbocycles. The first-order chi connectivity index (χ1) is 11.8. The first-order valence-electron chi connectivity index (χ1n) is 7.76. The topological polar surface area (TPSA) is 47.8 Å². The molecule has 0 saturated heterocycles. The highest BCUT2D eigenvalue weighted by Gasteiger charge is 2.06. The molecule has 0 saturated carbocycles. The molecule has 0 unspecified atom stereocenters. The van der Waals surface area contributed by atoms with Crippen molar-refractivity contribution in [1.29, 1.82) is 0 Å². The second kappa shape index (κ2) is 6.08. The molecule has 116 valence electrons. The van der Waals surface area contributed by atoms with E-state index in [1.807, 2.05) is 30.3 Å². The molecule has 4 rings (SSSR count). The van der Waals surface area contributed by atoms with Crippen LogP contribution in [-0.4, -0.2) is 14.5 Å². The second-order valence-electron chi connectivity index (χ2n) is 5.62. The molecule has 0 N–H and O–H groups in total. The van der Waals surface area contributed by atoms with Crippen molar-refractivity contribution in [2.45, 2.75) is 6.54 Å². The van der Waals surface area contributed by atoms with Gasteiger partial charge in [0.2, 0.25) is 0 Å². The Balaban J connectivity index is 1.72. The Morgan fingerprint density at radius 3 is 2.54 bits per heavy atom. The van der Waals surface area contributed by atoms with Crippen LogP contribution in [0, 0.1) is 0 Å². The third-order valence-electron chi connectivity index (χ3n) is 3.97. The third kappa shape index (κ3) is 2.70. The first kappa shape index (κ1) is 14.3. The van der Waals surface area contributed by atoms with Gasteiger partial charge in [0.1, 0.15) is 0 Å². The Bertz CT molecular complexity index is 1050. The maximum absolute atomic E-state index is 12.5. The van der Waals surface area contributed by atoms with Gasteiger partial charge >= 0.3 is 0 Å². The zero-order valence-corrected chi connectivity index (χ0v) is 13.0. The molecule has 0 aliphatic rings. The van der Waals surface area contributed by atoms with E-state index in [0.717, 1.165) is 16.7 Å². The summed E-state index contributed by atoms with van der Waals surface area (Å²) in [6, 6.07) is 22.0. The van der Waals surface area contributed by atoms with Crippen LogP contribution < -0.4 is 5.56 Å². The monoisotopic (exact) mass is 313 g/mol. The summed E-state index contributed by atoms with van der Waals surface area (Å²) in [4.78, 5) is 21.0. The number of benzene rings is 2. The fraction of sp³-hybridized carbons (Fsp3) is 0.0500. The molecule has 0 spiro atoms. The molecule has 24 heavy (non-hydrogen) atoms. The molecule has 4 nitrogen and oxygen atoms in total. The normalized spacial score (nSPS) is 10.8. The van der Waals surface area contributed by atoms with Gasteiger partial charge in [-0.2, -0.15) is 0 Å². The minimum atomic E-state index is -0.120. The third-order valence-corrected chi connectivity index (χ3v) is 3.97. The van der Waals surface area contributed by atoms with E-state index in [2.05, 4.69) is 34.2 Å². The minimum Gasteiger partial charge on any atom is -0.293 e. The lowest BCUT2D eigenvalue weighted by atomic mass is 10.0. The van der Waals surface area contributed by atoms with Crippen LogP contribution in [0.1, 0.15) is 5.56 Å². The van der Waals surface area contributed by atoms with Gasteiger partial charge in [0.25, 0.3) is 5.56 Å². The molecule has 0 radical (unpaired) electrons. The lowest BCUT2D eigenvalue weighted by molar-refractivity contribution is 0.746. The van der Waals surface area contributed by atoms with E-state index in [-0.39, 0.29) is 5.56 Å². The minimum absolute atomic E-state index is 0.120. The molecular weight excluding hydrogens is 298 g/mol. The van der Waals surface area contributed by atoms with Crippen LogP contribution in [0.25, 0.3) is 22.2 Å². The lowest BCUT2D eigenvalue weighted by Gasteiger charge is -2.08. The SMILES string of the molecule is O=c1c2ncccc2ncn1Cc1cccc(-c2ccccc2)c1. The van der Waals surface area contributed by atoms with Crippen LogP contribution in [0.2, 0.25) is 0 Å². The van der Waals surface area contributed by atoms with Gasteiger partial charge < -0.3 is 0 Å². The van der Waals surface area contributed by atoms with Crippen LogP contribution in [0.4, 0.5) is 0 Å². The molecule has 0 atom stereocenters. The number of pyridine rings is 1. The van der Waals surface area contributed by atoms with Gasteiger partial charge in [0.15, 0.2) is 5.52 Å². The highest BCUT2D eigenvalue weighted by molar-refractivity contribution is 5.72. The van der Waals surface area contributed by atoms with Crippen molar-refractivity contribution in [2.24, 2.45) is 0 Å². The van der Waals surface area contributed by atoms with Crippen molar-refractivity contribution in [3.63, 3.8) is 0 Å². The zero-order valence-electron chi connectivity index (χ0n) is 13.0. The molecule has 4 aromatic rings. The number of rotatable bonds is 3. The molecule has 4 heteroatoms. The van der Waals surface area contributed by atoms with Gasteiger partial charge in [0.05, 0.1) is 18.4 Å². The molecule has 2 heterocycles. The Hall–Kier alpha value is -3.27. The molecule has 0 aliphatic heterocycles. The fourth-order valence-corrected chi connectivity index (χ4v) is 2.78. The van der Waals surface area contributed by atoms with E-state index in [1.165, 1.54) is 0 Å². The van der Waals surface area contributed by atoms with E-state index in [1.54, 1.807) is 29.2 Å². The van der Waals surface area contributed by atoms with Gasteiger partial charge in [-0.25, -0.2) is 9.97 Å². The maximum atomic E-state index is 12.5. The molecule has 2 aromatic heterocycles. The van der Waals surface area contributed by atoms with Crippen molar-refractivity contribution in [3.8, 4) is 11.1 Å². The molecule has 0 fully saturated rings. The summed E-state index contributed by atoms with van der Waals surface area (Å²) >= 11 is 0. The van der Waals surface area contributed by atoms with Crippen LogP contribution >= 0.6 is 0 Å². The van der Waals surface area contributed by atoms with E-state index in [4.69, 9.17) is 0 Å². The average molecular weight is 313 g/mol. The molecular formula is C20H15N3O. The maximum Gasteiger partial charge on any atom is 0.280 e. The van der Waals surface area contributed by atoms with Crippen molar-refractivity contribution in [1.82, 2.24) is 14.5 Å². The summed E-state index contributed by atoms with van der Waals surface area (Å²) in [5.74, 6) is 0. The predicted molar refractivity (Wildman–Crippen MR) is 94.8 cm³/mol. The summed E-state index contributed by atoms with van der Waals surface area (Å²) in [6.45, 7) is 0.471.